The maximum atomic E-state index is 14.0. The molecule has 1 N–H and O–H groups in total. The Kier molecular flexibility index (Phi) is 4.45. The van der Waals surface area contributed by atoms with Gasteiger partial charge in [0.05, 0.1) is 12.5 Å². The van der Waals surface area contributed by atoms with Gasteiger partial charge in [0.1, 0.15) is 5.82 Å². The highest BCUT2D eigenvalue weighted by molar-refractivity contribution is 5.82. The van der Waals surface area contributed by atoms with Gasteiger partial charge in [-0.15, -0.1) is 0 Å². The van der Waals surface area contributed by atoms with Crippen molar-refractivity contribution in [2.45, 2.75) is 37.5 Å². The first-order valence-corrected chi connectivity index (χ1v) is 8.07. The number of carboxylic acid groups (broad SMARTS) is 1. The second-order valence-corrected chi connectivity index (χ2v) is 6.50. The summed E-state index contributed by atoms with van der Waals surface area (Å²) in [5.74, 6) is -2.22. The molecule has 0 aliphatic heterocycles. The Morgan fingerprint density at radius 2 is 2.12 bits per heavy atom. The summed E-state index contributed by atoms with van der Waals surface area (Å²) in [5, 5.41) is 9.90. The van der Waals surface area contributed by atoms with Crippen molar-refractivity contribution >= 4 is 5.97 Å². The first-order valence-electron chi connectivity index (χ1n) is 8.07. The second kappa shape index (κ2) is 6.43. The Morgan fingerprint density at radius 3 is 2.76 bits per heavy atom. The van der Waals surface area contributed by atoms with Crippen LogP contribution in [-0.4, -0.2) is 23.2 Å². The Hall–Kier alpha value is -2.50. The smallest absolute Gasteiger partial charge is 0.314 e. The van der Waals surface area contributed by atoms with Crippen molar-refractivity contribution in [1.29, 1.82) is 0 Å². The molecule has 2 atom stereocenters. The minimum absolute atomic E-state index is 0.0905. The van der Waals surface area contributed by atoms with E-state index in [2.05, 4.69) is 4.98 Å². The van der Waals surface area contributed by atoms with Gasteiger partial charge in [0, 0.05) is 6.20 Å². The Morgan fingerprint density at radius 1 is 1.36 bits per heavy atom. The number of carboxylic acids is 1. The van der Waals surface area contributed by atoms with Gasteiger partial charge in [-0.05, 0) is 60.9 Å². The van der Waals surface area contributed by atoms with E-state index in [0.29, 0.717) is 29.5 Å². The summed E-state index contributed by atoms with van der Waals surface area (Å²) in [6.45, 7) is 1.59. The number of methoxy groups -OCH3 is 1. The molecule has 1 fully saturated rings. The number of pyridine rings is 1. The third kappa shape index (κ3) is 2.86. The van der Waals surface area contributed by atoms with Crippen LogP contribution in [0.25, 0.3) is 0 Å². The third-order valence-corrected chi connectivity index (χ3v) is 5.20. The molecule has 0 spiro atoms. The van der Waals surface area contributed by atoms with Crippen LogP contribution >= 0.6 is 0 Å². The quantitative estimate of drug-likeness (QED) is 0.909. The van der Waals surface area contributed by atoms with Gasteiger partial charge in [-0.1, -0.05) is 12.1 Å². The molecule has 3 rings (SSSR count). The van der Waals surface area contributed by atoms with Gasteiger partial charge in [0.25, 0.3) is 0 Å². The topological polar surface area (TPSA) is 59.4 Å². The maximum Gasteiger partial charge on any atom is 0.314 e. The van der Waals surface area contributed by atoms with Crippen molar-refractivity contribution in [3.05, 3.63) is 58.8 Å². The number of ether oxygens (including phenoxy) is 1. The molecule has 0 saturated heterocycles. The average Bonchev–Trinajstić information content (AvgIpc) is 3.04. The monoisotopic (exact) mass is 347 g/mol. The summed E-state index contributed by atoms with van der Waals surface area (Å²) >= 11 is 0. The lowest BCUT2D eigenvalue weighted by molar-refractivity contribution is -0.143. The first-order chi connectivity index (χ1) is 11.9. The number of aromatic nitrogens is 1. The molecule has 1 aromatic heterocycles. The molecule has 4 nitrogen and oxygen atoms in total. The zero-order chi connectivity index (χ0) is 18.2. The van der Waals surface area contributed by atoms with Crippen LogP contribution in [0.2, 0.25) is 0 Å². The molecule has 1 heterocycles. The van der Waals surface area contributed by atoms with Gasteiger partial charge in [-0.3, -0.25) is 4.79 Å². The molecule has 2 aromatic rings. The van der Waals surface area contributed by atoms with Crippen LogP contribution < -0.4 is 4.74 Å². The standard InChI is InChI=1S/C19H19F2NO3/c1-11-14(4-3-5-15(11)20)19(18(23)24)7-6-12(9-19)13-8-16(21)17(25-2)22-10-13/h3-5,8,10,12H,6-7,9H2,1-2H3,(H,23,24)/t12?,19-/m0/s1. The lowest BCUT2D eigenvalue weighted by Gasteiger charge is -2.27. The fourth-order valence-corrected chi connectivity index (χ4v) is 3.82. The molecule has 25 heavy (non-hydrogen) atoms. The number of hydrogen-bond donors (Lipinski definition) is 1. The number of halogens is 2. The zero-order valence-electron chi connectivity index (χ0n) is 14.1. The molecule has 1 aliphatic carbocycles. The summed E-state index contributed by atoms with van der Waals surface area (Å²) < 4.78 is 32.7. The predicted molar refractivity (Wildman–Crippen MR) is 87.8 cm³/mol. The van der Waals surface area contributed by atoms with Crippen LogP contribution in [-0.2, 0) is 10.2 Å². The van der Waals surface area contributed by atoms with E-state index in [1.807, 2.05) is 0 Å². The fraction of sp³-hybridized carbons (Fsp3) is 0.368. The van der Waals surface area contributed by atoms with Gasteiger partial charge < -0.3 is 9.84 Å². The Labute approximate surface area is 144 Å². The first kappa shape index (κ1) is 17.3. The third-order valence-electron chi connectivity index (χ3n) is 5.20. The van der Waals surface area contributed by atoms with Crippen LogP contribution in [0, 0.1) is 18.6 Å². The number of nitrogens with zero attached hydrogens (tertiary/aromatic N) is 1. The molecule has 0 bridgehead atoms. The molecular formula is C19H19F2NO3. The maximum absolute atomic E-state index is 14.0. The molecule has 1 unspecified atom stereocenters. The number of rotatable bonds is 4. The van der Waals surface area contributed by atoms with Crippen LogP contribution in [0.15, 0.2) is 30.5 Å². The normalized spacial score (nSPS) is 22.8. The highest BCUT2D eigenvalue weighted by Crippen LogP contribution is 2.49. The van der Waals surface area contributed by atoms with E-state index in [1.54, 1.807) is 13.0 Å². The van der Waals surface area contributed by atoms with E-state index in [1.165, 1.54) is 31.5 Å². The van der Waals surface area contributed by atoms with E-state index in [9.17, 15) is 18.7 Å². The van der Waals surface area contributed by atoms with Crippen LogP contribution in [0.4, 0.5) is 8.78 Å². The van der Waals surface area contributed by atoms with Gasteiger partial charge in [-0.25, -0.2) is 13.8 Å². The van der Waals surface area contributed by atoms with Crippen molar-refractivity contribution in [2.24, 2.45) is 0 Å². The lowest BCUT2D eigenvalue weighted by Crippen LogP contribution is -2.34. The van der Waals surface area contributed by atoms with Gasteiger partial charge >= 0.3 is 5.97 Å². The summed E-state index contributed by atoms with van der Waals surface area (Å²) in [7, 11) is 1.34. The number of aliphatic carboxylic acids is 1. The summed E-state index contributed by atoms with van der Waals surface area (Å²) in [6.07, 6.45) is 2.73. The Bertz CT molecular complexity index is 824. The van der Waals surface area contributed by atoms with Crippen molar-refractivity contribution in [1.82, 2.24) is 4.98 Å². The highest BCUT2D eigenvalue weighted by atomic mass is 19.1. The van der Waals surface area contributed by atoms with E-state index >= 15 is 0 Å². The van der Waals surface area contributed by atoms with E-state index in [-0.39, 0.29) is 18.2 Å². The van der Waals surface area contributed by atoms with Gasteiger partial charge in [-0.2, -0.15) is 0 Å². The largest absolute Gasteiger partial charge is 0.481 e. The van der Waals surface area contributed by atoms with E-state index in [0.717, 1.165) is 0 Å². The summed E-state index contributed by atoms with van der Waals surface area (Å²) in [5.41, 5.74) is 0.303. The SMILES string of the molecule is COc1ncc(C2CC[C@@](C(=O)O)(c3cccc(F)c3C)C2)cc1F. The highest BCUT2D eigenvalue weighted by Gasteiger charge is 2.48. The van der Waals surface area contributed by atoms with Crippen molar-refractivity contribution in [2.75, 3.05) is 7.11 Å². The molecule has 1 aliphatic rings. The molecular weight excluding hydrogens is 328 g/mol. The molecule has 1 aromatic carbocycles. The van der Waals surface area contributed by atoms with Crippen LogP contribution in [0.5, 0.6) is 5.88 Å². The summed E-state index contributed by atoms with van der Waals surface area (Å²) in [4.78, 5) is 16.0. The minimum Gasteiger partial charge on any atom is -0.481 e. The Balaban J connectivity index is 1.98. The predicted octanol–water partition coefficient (Wildman–Crippen LogP) is 3.97. The number of hydrogen-bond acceptors (Lipinski definition) is 3. The summed E-state index contributed by atoms with van der Waals surface area (Å²) in [6, 6.07) is 5.86. The van der Waals surface area contributed by atoms with Crippen molar-refractivity contribution in [3.63, 3.8) is 0 Å². The molecule has 132 valence electrons. The van der Waals surface area contributed by atoms with Gasteiger partial charge in [0.15, 0.2) is 5.82 Å². The average molecular weight is 347 g/mol. The minimum atomic E-state index is -1.17. The fourth-order valence-electron chi connectivity index (χ4n) is 3.82. The lowest BCUT2D eigenvalue weighted by atomic mass is 9.76. The van der Waals surface area contributed by atoms with Crippen molar-refractivity contribution < 1.29 is 23.4 Å². The van der Waals surface area contributed by atoms with Gasteiger partial charge in [0.2, 0.25) is 5.88 Å². The second-order valence-electron chi connectivity index (χ2n) is 6.50. The zero-order valence-corrected chi connectivity index (χ0v) is 14.1. The molecule has 0 radical (unpaired) electrons. The van der Waals surface area contributed by atoms with E-state index < -0.39 is 23.0 Å². The molecule has 1 saturated carbocycles. The number of carbonyl (C=O) groups is 1. The molecule has 6 heteroatoms. The van der Waals surface area contributed by atoms with Crippen LogP contribution in [0.1, 0.15) is 41.9 Å². The molecule has 0 amide bonds. The number of benzene rings is 1. The van der Waals surface area contributed by atoms with Crippen LogP contribution in [0.3, 0.4) is 0 Å². The van der Waals surface area contributed by atoms with Crippen molar-refractivity contribution in [3.8, 4) is 5.88 Å². The van der Waals surface area contributed by atoms with E-state index in [4.69, 9.17) is 4.74 Å².